The molecular formula is C24H36N4O6. The first-order valence-electron chi connectivity index (χ1n) is 11.5. The SMILES string of the molecule is COC[C@H]1O[C@@H](n2cc(C(C)=O)c3c(NC(=O)C(CC(C)(C)C)C(C)C)ncnc32)[C@@H](O)C1O. The van der Waals surface area contributed by atoms with Crippen LogP contribution in [0.3, 0.4) is 0 Å². The quantitative estimate of drug-likeness (QED) is 0.495. The van der Waals surface area contributed by atoms with Crippen LogP contribution in [0.2, 0.25) is 0 Å². The Hall–Kier alpha value is -2.40. The third-order valence-electron chi connectivity index (χ3n) is 6.15. The highest BCUT2D eigenvalue weighted by molar-refractivity contribution is 6.12. The number of hydrogen-bond acceptors (Lipinski definition) is 8. The van der Waals surface area contributed by atoms with Crippen LogP contribution in [-0.4, -0.2) is 68.5 Å². The predicted molar refractivity (Wildman–Crippen MR) is 126 cm³/mol. The van der Waals surface area contributed by atoms with Gasteiger partial charge in [0.1, 0.15) is 36.1 Å². The number of aromatic nitrogens is 3. The molecule has 1 fully saturated rings. The van der Waals surface area contributed by atoms with Gasteiger partial charge in [-0.05, 0) is 24.7 Å². The molecule has 2 aromatic rings. The number of methoxy groups -OCH3 is 1. The Morgan fingerprint density at radius 2 is 1.91 bits per heavy atom. The van der Waals surface area contributed by atoms with Crippen molar-refractivity contribution < 1.29 is 29.3 Å². The fourth-order valence-corrected chi connectivity index (χ4v) is 4.40. The number of nitrogens with zero attached hydrogens (tertiary/aromatic N) is 3. The molecule has 3 rings (SSSR count). The lowest BCUT2D eigenvalue weighted by atomic mass is 9.79. The zero-order valence-corrected chi connectivity index (χ0v) is 20.9. The highest BCUT2D eigenvalue weighted by Gasteiger charge is 2.44. The number of fused-ring (bicyclic) bond motifs is 1. The minimum absolute atomic E-state index is 0.0450. The summed E-state index contributed by atoms with van der Waals surface area (Å²) in [5.41, 5.74) is 0.543. The number of carbonyl (C=O) groups is 2. The fourth-order valence-electron chi connectivity index (χ4n) is 4.40. The number of hydrogen-bond donors (Lipinski definition) is 3. The van der Waals surface area contributed by atoms with E-state index in [9.17, 15) is 19.8 Å². The van der Waals surface area contributed by atoms with Gasteiger partial charge >= 0.3 is 0 Å². The standard InChI is InChI=1S/C24H36N4O6/c1-12(2)14(8-24(4,5)6)22(32)27-20-17-15(13(3)29)9-28(21(17)26-11-25-20)23-19(31)18(30)16(34-23)10-33-7/h9,11-12,14,16,18-19,23,30-31H,8,10H2,1-7H3,(H,25,26,27,32)/t14?,16-,18?,19+,23-/m1/s1. The second kappa shape index (κ2) is 10.1. The van der Waals surface area contributed by atoms with Gasteiger partial charge in [0.15, 0.2) is 12.0 Å². The highest BCUT2D eigenvalue weighted by Crippen LogP contribution is 2.36. The first-order chi connectivity index (χ1) is 15.9. The van der Waals surface area contributed by atoms with Crippen molar-refractivity contribution in [3.05, 3.63) is 18.1 Å². The van der Waals surface area contributed by atoms with Crippen LogP contribution < -0.4 is 5.32 Å². The molecule has 3 N–H and O–H groups in total. The number of carbonyl (C=O) groups excluding carboxylic acids is 2. The lowest BCUT2D eigenvalue weighted by Crippen LogP contribution is -2.33. The number of ether oxygens (including phenoxy) is 2. The lowest BCUT2D eigenvalue weighted by molar-refractivity contribution is -0.122. The summed E-state index contributed by atoms with van der Waals surface area (Å²) in [6.45, 7) is 11.8. The number of Topliss-reactive ketones (excluding diaryl/α,β-unsaturated/α-hetero) is 1. The summed E-state index contributed by atoms with van der Waals surface area (Å²) < 4.78 is 12.4. The maximum absolute atomic E-state index is 13.3. The smallest absolute Gasteiger partial charge is 0.228 e. The zero-order chi connectivity index (χ0) is 25.4. The molecule has 1 aliphatic rings. The van der Waals surface area contributed by atoms with Crippen molar-refractivity contribution in [1.82, 2.24) is 14.5 Å². The lowest BCUT2D eigenvalue weighted by Gasteiger charge is -2.27. The number of rotatable bonds is 8. The normalized spacial score (nSPS) is 24.1. The Balaban J connectivity index is 2.03. The number of anilines is 1. The van der Waals surface area contributed by atoms with Crippen molar-refractivity contribution in [2.75, 3.05) is 19.0 Å². The second-order valence-electron chi connectivity index (χ2n) is 10.5. The Morgan fingerprint density at radius 3 is 2.47 bits per heavy atom. The summed E-state index contributed by atoms with van der Waals surface area (Å²) in [6.07, 6.45) is -0.679. The molecule has 0 saturated carbocycles. The van der Waals surface area contributed by atoms with E-state index < -0.39 is 24.5 Å². The van der Waals surface area contributed by atoms with Crippen LogP contribution in [-0.2, 0) is 14.3 Å². The molecule has 1 amide bonds. The predicted octanol–water partition coefficient (Wildman–Crippen LogP) is 2.55. The molecule has 5 atom stereocenters. The average molecular weight is 477 g/mol. The second-order valence-corrected chi connectivity index (χ2v) is 10.5. The van der Waals surface area contributed by atoms with Gasteiger partial charge in [0.2, 0.25) is 5.91 Å². The molecule has 10 heteroatoms. The van der Waals surface area contributed by atoms with Crippen molar-refractivity contribution in [3.8, 4) is 0 Å². The third-order valence-corrected chi connectivity index (χ3v) is 6.15. The van der Waals surface area contributed by atoms with Crippen molar-refractivity contribution in [2.24, 2.45) is 17.3 Å². The van der Waals surface area contributed by atoms with Crippen LogP contribution in [0.1, 0.15) is 64.5 Å². The molecule has 1 saturated heterocycles. The van der Waals surface area contributed by atoms with Gasteiger partial charge in [-0.1, -0.05) is 34.6 Å². The summed E-state index contributed by atoms with van der Waals surface area (Å²) in [5, 5.41) is 24.3. The van der Waals surface area contributed by atoms with E-state index in [1.807, 2.05) is 13.8 Å². The molecule has 0 radical (unpaired) electrons. The summed E-state index contributed by atoms with van der Waals surface area (Å²) >= 11 is 0. The van der Waals surface area contributed by atoms with Gasteiger partial charge in [-0.3, -0.25) is 9.59 Å². The number of ketones is 1. The van der Waals surface area contributed by atoms with E-state index in [1.54, 1.807) is 0 Å². The van der Waals surface area contributed by atoms with Gasteiger partial charge in [0, 0.05) is 24.8 Å². The van der Waals surface area contributed by atoms with Crippen LogP contribution >= 0.6 is 0 Å². The molecule has 0 aliphatic carbocycles. The van der Waals surface area contributed by atoms with Gasteiger partial charge in [-0.2, -0.15) is 0 Å². The molecule has 188 valence electrons. The van der Waals surface area contributed by atoms with E-state index in [4.69, 9.17) is 9.47 Å². The summed E-state index contributed by atoms with van der Waals surface area (Å²) in [7, 11) is 1.47. The van der Waals surface area contributed by atoms with E-state index in [2.05, 4.69) is 36.1 Å². The molecule has 0 aromatic carbocycles. The van der Waals surface area contributed by atoms with Gasteiger partial charge in [-0.15, -0.1) is 0 Å². The minimum Gasteiger partial charge on any atom is -0.387 e. The Bertz CT molecular complexity index is 1040. The maximum Gasteiger partial charge on any atom is 0.228 e. The van der Waals surface area contributed by atoms with Crippen molar-refractivity contribution in [3.63, 3.8) is 0 Å². The highest BCUT2D eigenvalue weighted by atomic mass is 16.6. The summed E-state index contributed by atoms with van der Waals surface area (Å²) in [5.74, 6) is -0.363. The number of aliphatic hydroxyl groups excluding tert-OH is 2. The van der Waals surface area contributed by atoms with E-state index in [-0.39, 0.29) is 46.9 Å². The average Bonchev–Trinajstić information content (AvgIpc) is 3.25. The summed E-state index contributed by atoms with van der Waals surface area (Å²) in [6, 6.07) is 0. The Kier molecular flexibility index (Phi) is 7.76. The van der Waals surface area contributed by atoms with Crippen LogP contribution in [0.4, 0.5) is 5.82 Å². The molecule has 0 bridgehead atoms. The molecule has 3 heterocycles. The van der Waals surface area contributed by atoms with Gasteiger partial charge in [0.05, 0.1) is 12.0 Å². The maximum atomic E-state index is 13.3. The molecule has 10 nitrogen and oxygen atoms in total. The van der Waals surface area contributed by atoms with E-state index in [1.165, 1.54) is 31.1 Å². The molecule has 0 spiro atoms. The van der Waals surface area contributed by atoms with Crippen molar-refractivity contribution in [2.45, 2.75) is 72.5 Å². The molecule has 34 heavy (non-hydrogen) atoms. The molecule has 2 unspecified atom stereocenters. The largest absolute Gasteiger partial charge is 0.387 e. The van der Waals surface area contributed by atoms with Crippen LogP contribution in [0.5, 0.6) is 0 Å². The van der Waals surface area contributed by atoms with Crippen molar-refractivity contribution in [1.29, 1.82) is 0 Å². The number of nitrogens with one attached hydrogen (secondary N) is 1. The number of aliphatic hydroxyl groups is 2. The molecular weight excluding hydrogens is 440 g/mol. The van der Waals surface area contributed by atoms with Gasteiger partial charge in [0.25, 0.3) is 0 Å². The monoisotopic (exact) mass is 476 g/mol. The van der Waals surface area contributed by atoms with Crippen LogP contribution in [0.25, 0.3) is 11.0 Å². The van der Waals surface area contributed by atoms with Crippen LogP contribution in [0, 0.1) is 17.3 Å². The Morgan fingerprint density at radius 1 is 1.24 bits per heavy atom. The van der Waals surface area contributed by atoms with E-state index in [0.717, 1.165) is 0 Å². The first kappa shape index (κ1) is 26.2. The zero-order valence-electron chi connectivity index (χ0n) is 20.9. The third kappa shape index (κ3) is 5.30. The van der Waals surface area contributed by atoms with E-state index in [0.29, 0.717) is 17.5 Å². The number of amides is 1. The van der Waals surface area contributed by atoms with Crippen molar-refractivity contribution >= 4 is 28.5 Å². The molecule has 1 aliphatic heterocycles. The topological polar surface area (TPSA) is 136 Å². The van der Waals surface area contributed by atoms with E-state index >= 15 is 0 Å². The molecule has 2 aromatic heterocycles. The summed E-state index contributed by atoms with van der Waals surface area (Å²) in [4.78, 5) is 34.3. The first-order valence-corrected chi connectivity index (χ1v) is 11.5. The van der Waals surface area contributed by atoms with Gasteiger partial charge in [-0.25, -0.2) is 9.97 Å². The minimum atomic E-state index is -1.26. The van der Waals surface area contributed by atoms with Gasteiger partial charge < -0.3 is 29.6 Å². The fraction of sp³-hybridized carbons (Fsp3) is 0.667. The van der Waals surface area contributed by atoms with Crippen LogP contribution in [0.15, 0.2) is 12.5 Å². The Labute approximate surface area is 199 Å².